The first-order valence-corrected chi connectivity index (χ1v) is 8.37. The highest BCUT2D eigenvalue weighted by Crippen LogP contribution is 2.29. The second kappa shape index (κ2) is 9.30. The van der Waals surface area contributed by atoms with Gasteiger partial charge in [0.25, 0.3) is 0 Å². The van der Waals surface area contributed by atoms with Gasteiger partial charge >= 0.3 is 5.97 Å². The van der Waals surface area contributed by atoms with E-state index in [1.165, 1.54) is 0 Å². The van der Waals surface area contributed by atoms with Crippen molar-refractivity contribution in [3.63, 3.8) is 0 Å². The number of hydrogen-bond donors (Lipinski definition) is 1. The fraction of sp³-hybridized carbons (Fsp3) is 0.316. The summed E-state index contributed by atoms with van der Waals surface area (Å²) < 4.78 is 16.1. The number of carbonyl (C=O) groups is 1. The molecule has 134 valence electrons. The van der Waals surface area contributed by atoms with Gasteiger partial charge in [-0.15, -0.1) is 0 Å². The van der Waals surface area contributed by atoms with Crippen molar-refractivity contribution in [2.24, 2.45) is 5.73 Å². The summed E-state index contributed by atoms with van der Waals surface area (Å²) in [4.78, 5) is 11.6. The lowest BCUT2D eigenvalue weighted by Crippen LogP contribution is -2.34. The second-order valence-corrected chi connectivity index (χ2v) is 5.90. The Hall–Kier alpha value is -2.24. The summed E-state index contributed by atoms with van der Waals surface area (Å²) in [6, 6.07) is 12.2. The minimum atomic E-state index is -0.703. The van der Waals surface area contributed by atoms with Crippen LogP contribution >= 0.6 is 11.6 Å². The monoisotopic (exact) mass is 363 g/mol. The maximum absolute atomic E-state index is 11.6. The van der Waals surface area contributed by atoms with E-state index in [-0.39, 0.29) is 0 Å². The molecular formula is C19H22ClNO4. The maximum atomic E-state index is 11.6. The standard InChI is InChI=1S/C19H22ClNO4/c1-3-24-19(22)16(21)10-14-6-9-17(18(11-14)23-2)25-12-13-4-7-15(20)8-5-13/h4-9,11,16H,3,10,12,21H2,1-2H3. The van der Waals surface area contributed by atoms with E-state index in [0.717, 1.165) is 11.1 Å². The Morgan fingerprint density at radius 3 is 2.44 bits per heavy atom. The highest BCUT2D eigenvalue weighted by atomic mass is 35.5. The van der Waals surface area contributed by atoms with Crippen molar-refractivity contribution in [3.8, 4) is 11.5 Å². The van der Waals surface area contributed by atoms with E-state index in [0.29, 0.717) is 36.2 Å². The normalized spacial score (nSPS) is 11.7. The zero-order chi connectivity index (χ0) is 18.2. The van der Waals surface area contributed by atoms with Gasteiger partial charge in [0.15, 0.2) is 11.5 Å². The van der Waals surface area contributed by atoms with Gasteiger partial charge in [0.2, 0.25) is 0 Å². The minimum Gasteiger partial charge on any atom is -0.493 e. The molecule has 25 heavy (non-hydrogen) atoms. The Morgan fingerprint density at radius 1 is 1.12 bits per heavy atom. The Kier molecular flexibility index (Phi) is 7.10. The molecule has 0 radical (unpaired) electrons. The summed E-state index contributed by atoms with van der Waals surface area (Å²) in [6.45, 7) is 2.46. The van der Waals surface area contributed by atoms with Crippen LogP contribution in [0.4, 0.5) is 0 Å². The first-order valence-electron chi connectivity index (χ1n) is 7.99. The Balaban J connectivity index is 2.03. The number of benzene rings is 2. The zero-order valence-corrected chi connectivity index (χ0v) is 15.1. The number of nitrogens with two attached hydrogens (primary N) is 1. The SMILES string of the molecule is CCOC(=O)C(N)Cc1ccc(OCc2ccc(Cl)cc2)c(OC)c1. The van der Waals surface area contributed by atoms with Crippen molar-refractivity contribution < 1.29 is 19.0 Å². The van der Waals surface area contributed by atoms with Crippen molar-refractivity contribution >= 4 is 17.6 Å². The van der Waals surface area contributed by atoms with Crippen LogP contribution in [0.3, 0.4) is 0 Å². The summed E-state index contributed by atoms with van der Waals surface area (Å²) in [6.07, 6.45) is 0.368. The van der Waals surface area contributed by atoms with Crippen LogP contribution < -0.4 is 15.2 Å². The Bertz CT molecular complexity index is 703. The van der Waals surface area contributed by atoms with Crippen LogP contribution in [0.5, 0.6) is 11.5 Å². The molecule has 0 saturated carbocycles. The molecule has 2 aromatic rings. The van der Waals surface area contributed by atoms with Gasteiger partial charge in [-0.1, -0.05) is 29.8 Å². The third kappa shape index (κ3) is 5.66. The van der Waals surface area contributed by atoms with E-state index < -0.39 is 12.0 Å². The predicted octanol–water partition coefficient (Wildman–Crippen LogP) is 3.36. The van der Waals surface area contributed by atoms with Crippen LogP contribution in [0.25, 0.3) is 0 Å². The van der Waals surface area contributed by atoms with Gasteiger partial charge in [-0.2, -0.15) is 0 Å². The van der Waals surface area contributed by atoms with Crippen LogP contribution in [0.1, 0.15) is 18.1 Å². The smallest absolute Gasteiger partial charge is 0.323 e. The first-order chi connectivity index (χ1) is 12.0. The van der Waals surface area contributed by atoms with E-state index in [2.05, 4.69) is 0 Å². The maximum Gasteiger partial charge on any atom is 0.323 e. The lowest BCUT2D eigenvalue weighted by Gasteiger charge is -2.14. The number of ether oxygens (including phenoxy) is 3. The lowest BCUT2D eigenvalue weighted by molar-refractivity contribution is -0.144. The van der Waals surface area contributed by atoms with E-state index in [4.69, 9.17) is 31.5 Å². The highest BCUT2D eigenvalue weighted by molar-refractivity contribution is 6.30. The van der Waals surface area contributed by atoms with Crippen LogP contribution in [0.2, 0.25) is 5.02 Å². The third-order valence-electron chi connectivity index (χ3n) is 3.58. The molecule has 1 atom stereocenters. The topological polar surface area (TPSA) is 70.8 Å². The molecule has 0 saturated heterocycles. The zero-order valence-electron chi connectivity index (χ0n) is 14.3. The third-order valence-corrected chi connectivity index (χ3v) is 3.83. The van der Waals surface area contributed by atoms with Gasteiger partial charge < -0.3 is 19.9 Å². The fourth-order valence-corrected chi connectivity index (χ4v) is 2.41. The number of esters is 1. The molecule has 2 rings (SSSR count). The van der Waals surface area contributed by atoms with Crippen LogP contribution in [-0.2, 0) is 22.6 Å². The van der Waals surface area contributed by atoms with Crippen molar-refractivity contribution in [1.29, 1.82) is 0 Å². The Labute approximate surface area is 152 Å². The Morgan fingerprint density at radius 2 is 1.80 bits per heavy atom. The molecule has 0 aromatic heterocycles. The van der Waals surface area contributed by atoms with E-state index in [1.807, 2.05) is 42.5 Å². The molecule has 0 aliphatic heterocycles. The van der Waals surface area contributed by atoms with Crippen molar-refractivity contribution in [2.75, 3.05) is 13.7 Å². The predicted molar refractivity (Wildman–Crippen MR) is 97.1 cm³/mol. The second-order valence-electron chi connectivity index (χ2n) is 5.46. The van der Waals surface area contributed by atoms with Gasteiger partial charge in [-0.25, -0.2) is 0 Å². The molecule has 0 heterocycles. The van der Waals surface area contributed by atoms with Gasteiger partial charge in [-0.05, 0) is 48.7 Å². The molecule has 2 aromatic carbocycles. The summed E-state index contributed by atoms with van der Waals surface area (Å²) in [5.41, 5.74) is 7.73. The number of rotatable bonds is 8. The molecule has 0 spiro atoms. The summed E-state index contributed by atoms with van der Waals surface area (Å²) >= 11 is 5.87. The van der Waals surface area contributed by atoms with Gasteiger partial charge in [0, 0.05) is 5.02 Å². The average molecular weight is 364 g/mol. The summed E-state index contributed by atoms with van der Waals surface area (Å²) in [7, 11) is 1.57. The van der Waals surface area contributed by atoms with Crippen LogP contribution in [0, 0.1) is 0 Å². The van der Waals surface area contributed by atoms with Crippen LogP contribution in [-0.4, -0.2) is 25.7 Å². The van der Waals surface area contributed by atoms with E-state index in [1.54, 1.807) is 14.0 Å². The van der Waals surface area contributed by atoms with Crippen molar-refractivity contribution in [3.05, 3.63) is 58.6 Å². The number of carbonyl (C=O) groups excluding carboxylic acids is 1. The molecular weight excluding hydrogens is 342 g/mol. The van der Waals surface area contributed by atoms with Gasteiger partial charge in [0.1, 0.15) is 12.6 Å². The van der Waals surface area contributed by atoms with E-state index in [9.17, 15) is 4.79 Å². The molecule has 5 nitrogen and oxygen atoms in total. The van der Waals surface area contributed by atoms with Crippen LogP contribution in [0.15, 0.2) is 42.5 Å². The molecule has 2 N–H and O–H groups in total. The molecule has 0 amide bonds. The average Bonchev–Trinajstić information content (AvgIpc) is 2.62. The summed E-state index contributed by atoms with van der Waals surface area (Å²) in [5.74, 6) is 0.790. The number of methoxy groups -OCH3 is 1. The van der Waals surface area contributed by atoms with E-state index >= 15 is 0 Å². The minimum absolute atomic E-state index is 0.313. The quantitative estimate of drug-likeness (QED) is 0.728. The fourth-order valence-electron chi connectivity index (χ4n) is 2.29. The summed E-state index contributed by atoms with van der Waals surface area (Å²) in [5, 5.41) is 0.684. The molecule has 0 aliphatic rings. The molecule has 0 aliphatic carbocycles. The highest BCUT2D eigenvalue weighted by Gasteiger charge is 2.16. The van der Waals surface area contributed by atoms with Crippen molar-refractivity contribution in [1.82, 2.24) is 0 Å². The molecule has 0 fully saturated rings. The largest absolute Gasteiger partial charge is 0.493 e. The molecule has 6 heteroatoms. The molecule has 0 bridgehead atoms. The molecule has 1 unspecified atom stereocenters. The van der Waals surface area contributed by atoms with Gasteiger partial charge in [-0.3, -0.25) is 4.79 Å². The first kappa shape index (κ1) is 19.1. The number of hydrogen-bond acceptors (Lipinski definition) is 5. The lowest BCUT2D eigenvalue weighted by atomic mass is 10.1. The van der Waals surface area contributed by atoms with Gasteiger partial charge in [0.05, 0.1) is 13.7 Å². The van der Waals surface area contributed by atoms with Crippen molar-refractivity contribution in [2.45, 2.75) is 26.0 Å². The number of halogens is 1.